The van der Waals surface area contributed by atoms with Crippen LogP contribution in [0.15, 0.2) is 64.9 Å². The Bertz CT molecular complexity index is 1020. The molecule has 2 heterocycles. The van der Waals surface area contributed by atoms with E-state index < -0.39 is 15.9 Å². The Morgan fingerprint density at radius 2 is 1.69 bits per heavy atom. The number of alkyl halides is 2. The first kappa shape index (κ1) is 16.3. The quantitative estimate of drug-likeness (QED) is 0.515. The van der Waals surface area contributed by atoms with Crippen LogP contribution < -0.4 is 0 Å². The Hall–Kier alpha value is -3.14. The number of benzene rings is 2. The Labute approximate surface area is 149 Å². The second kappa shape index (κ2) is 5.99. The van der Waals surface area contributed by atoms with Gasteiger partial charge in [-0.05, 0) is 23.9 Å². The van der Waals surface area contributed by atoms with E-state index in [4.69, 9.17) is 0 Å². The number of rotatable bonds is 3. The summed E-state index contributed by atoms with van der Waals surface area (Å²) in [7, 11) is 0. The van der Waals surface area contributed by atoms with Crippen LogP contribution in [-0.4, -0.2) is 30.8 Å². The standard InChI is InChI=1S/C16H9F2N5O2S/c17-16(18)13(10-6-8-12(9-7-10)23(24)25)21-22-14(19-20-15(22)26-16)11-4-2-1-3-5-11/h1-9H. The molecule has 0 N–H and O–H groups in total. The molecule has 0 radical (unpaired) electrons. The molecular weight excluding hydrogens is 364 g/mol. The molecule has 26 heavy (non-hydrogen) atoms. The second-order valence-electron chi connectivity index (χ2n) is 5.36. The van der Waals surface area contributed by atoms with E-state index in [1.807, 2.05) is 6.07 Å². The van der Waals surface area contributed by atoms with Crippen molar-refractivity contribution >= 4 is 23.2 Å². The maximum Gasteiger partial charge on any atom is 0.345 e. The molecule has 4 rings (SSSR count). The van der Waals surface area contributed by atoms with Crippen molar-refractivity contribution in [3.8, 4) is 11.4 Å². The normalized spacial score (nSPS) is 15.2. The Morgan fingerprint density at radius 3 is 2.35 bits per heavy atom. The lowest BCUT2D eigenvalue weighted by Gasteiger charge is -2.22. The van der Waals surface area contributed by atoms with Crippen molar-refractivity contribution in [1.82, 2.24) is 14.9 Å². The fourth-order valence-corrected chi connectivity index (χ4v) is 3.25. The Kier molecular flexibility index (Phi) is 3.76. The molecule has 0 aliphatic carbocycles. The number of nitro groups is 1. The minimum absolute atomic E-state index is 0.0282. The highest BCUT2D eigenvalue weighted by atomic mass is 32.2. The van der Waals surface area contributed by atoms with Gasteiger partial charge in [-0.15, -0.1) is 10.2 Å². The van der Waals surface area contributed by atoms with Crippen LogP contribution in [0.5, 0.6) is 0 Å². The number of nitrogens with zero attached hydrogens (tertiary/aromatic N) is 5. The van der Waals surface area contributed by atoms with Crippen molar-refractivity contribution in [1.29, 1.82) is 0 Å². The van der Waals surface area contributed by atoms with E-state index in [1.165, 1.54) is 28.9 Å². The molecule has 2 aromatic carbocycles. The minimum Gasteiger partial charge on any atom is -0.258 e. The van der Waals surface area contributed by atoms with Crippen molar-refractivity contribution in [2.45, 2.75) is 10.4 Å². The third-order valence-electron chi connectivity index (χ3n) is 3.69. The van der Waals surface area contributed by atoms with Gasteiger partial charge in [-0.25, -0.2) is 0 Å². The summed E-state index contributed by atoms with van der Waals surface area (Å²) in [6.07, 6.45) is 0. The number of hydrogen-bond acceptors (Lipinski definition) is 6. The predicted octanol–water partition coefficient (Wildman–Crippen LogP) is 3.80. The van der Waals surface area contributed by atoms with Gasteiger partial charge in [0.15, 0.2) is 5.82 Å². The fraction of sp³-hybridized carbons (Fsp3) is 0.0625. The van der Waals surface area contributed by atoms with E-state index in [0.717, 1.165) is 0 Å². The number of fused-ring (bicyclic) bond motifs is 1. The molecule has 3 aromatic rings. The zero-order valence-corrected chi connectivity index (χ0v) is 13.7. The highest BCUT2D eigenvalue weighted by Gasteiger charge is 2.44. The minimum atomic E-state index is -3.34. The third kappa shape index (κ3) is 2.73. The molecule has 0 spiro atoms. The Balaban J connectivity index is 1.83. The lowest BCUT2D eigenvalue weighted by Crippen LogP contribution is -2.30. The van der Waals surface area contributed by atoms with Gasteiger partial charge in [-0.1, -0.05) is 30.3 Å². The van der Waals surface area contributed by atoms with Gasteiger partial charge in [0.05, 0.1) is 4.92 Å². The maximum atomic E-state index is 14.5. The van der Waals surface area contributed by atoms with Crippen LogP contribution in [-0.2, 0) is 0 Å². The van der Waals surface area contributed by atoms with Crippen molar-refractivity contribution in [3.05, 3.63) is 70.3 Å². The number of halogens is 2. The lowest BCUT2D eigenvalue weighted by molar-refractivity contribution is -0.384. The van der Waals surface area contributed by atoms with Crippen molar-refractivity contribution in [2.75, 3.05) is 0 Å². The lowest BCUT2D eigenvalue weighted by atomic mass is 10.1. The van der Waals surface area contributed by atoms with Crippen molar-refractivity contribution < 1.29 is 13.7 Å². The monoisotopic (exact) mass is 373 g/mol. The molecule has 0 fully saturated rings. The van der Waals surface area contributed by atoms with Crippen LogP contribution in [0.25, 0.3) is 11.4 Å². The molecule has 0 atom stereocenters. The number of aromatic nitrogens is 3. The van der Waals surface area contributed by atoms with Crippen molar-refractivity contribution in [3.63, 3.8) is 0 Å². The summed E-state index contributed by atoms with van der Waals surface area (Å²) >= 11 is 0.234. The van der Waals surface area contributed by atoms with Gasteiger partial charge in [0, 0.05) is 23.3 Å². The molecule has 130 valence electrons. The molecule has 0 amide bonds. The highest BCUT2D eigenvalue weighted by molar-refractivity contribution is 8.01. The summed E-state index contributed by atoms with van der Waals surface area (Å²) in [5.41, 5.74) is 0.0771. The molecule has 0 saturated heterocycles. The van der Waals surface area contributed by atoms with Gasteiger partial charge in [0.2, 0.25) is 5.16 Å². The van der Waals surface area contributed by atoms with Crippen LogP contribution in [0.1, 0.15) is 5.56 Å². The number of hydrogen-bond donors (Lipinski definition) is 0. The van der Waals surface area contributed by atoms with E-state index in [0.29, 0.717) is 11.4 Å². The largest absolute Gasteiger partial charge is 0.345 e. The SMILES string of the molecule is O=[N+]([O-])c1ccc(C2=Nn3c(nnc3-c3ccccc3)SC2(F)F)cc1. The third-order valence-corrected chi connectivity index (χ3v) is 4.58. The highest BCUT2D eigenvalue weighted by Crippen LogP contribution is 2.42. The molecule has 1 aliphatic heterocycles. The van der Waals surface area contributed by atoms with Gasteiger partial charge >= 0.3 is 5.25 Å². The summed E-state index contributed by atoms with van der Waals surface area (Å²) in [5.74, 6) is 0.336. The summed E-state index contributed by atoms with van der Waals surface area (Å²) in [6.45, 7) is 0. The number of non-ortho nitro benzene ring substituents is 1. The Morgan fingerprint density at radius 1 is 1.00 bits per heavy atom. The summed E-state index contributed by atoms with van der Waals surface area (Å²) in [6, 6.07) is 13.8. The van der Waals surface area contributed by atoms with Crippen LogP contribution in [0.3, 0.4) is 0 Å². The average molecular weight is 373 g/mol. The van der Waals surface area contributed by atoms with Crippen LogP contribution >= 0.6 is 11.8 Å². The number of thioether (sulfide) groups is 1. The summed E-state index contributed by atoms with van der Waals surface area (Å²) < 4.78 is 30.3. The molecule has 0 unspecified atom stereocenters. The van der Waals surface area contributed by atoms with Crippen LogP contribution in [0.2, 0.25) is 0 Å². The number of nitro benzene ring substituents is 1. The second-order valence-corrected chi connectivity index (χ2v) is 6.44. The molecule has 1 aromatic heterocycles. The first-order valence-corrected chi connectivity index (χ1v) is 8.19. The van der Waals surface area contributed by atoms with E-state index >= 15 is 0 Å². The van der Waals surface area contributed by atoms with E-state index in [-0.39, 0.29) is 28.2 Å². The molecular formula is C16H9F2N5O2S. The maximum absolute atomic E-state index is 14.5. The van der Waals surface area contributed by atoms with E-state index in [2.05, 4.69) is 15.3 Å². The first-order chi connectivity index (χ1) is 12.5. The average Bonchev–Trinajstić information content (AvgIpc) is 3.03. The van der Waals surface area contributed by atoms with Gasteiger partial charge in [-0.3, -0.25) is 10.1 Å². The van der Waals surface area contributed by atoms with Crippen LogP contribution in [0.4, 0.5) is 14.5 Å². The molecule has 0 bridgehead atoms. The van der Waals surface area contributed by atoms with E-state index in [9.17, 15) is 18.9 Å². The van der Waals surface area contributed by atoms with Gasteiger partial charge in [0.25, 0.3) is 5.69 Å². The van der Waals surface area contributed by atoms with E-state index in [1.54, 1.807) is 24.3 Å². The topological polar surface area (TPSA) is 86.2 Å². The molecule has 10 heteroatoms. The molecule has 0 saturated carbocycles. The molecule has 1 aliphatic rings. The predicted molar refractivity (Wildman–Crippen MR) is 91.3 cm³/mol. The summed E-state index contributed by atoms with van der Waals surface area (Å²) in [4.78, 5) is 10.2. The molecule has 7 nitrogen and oxygen atoms in total. The van der Waals surface area contributed by atoms with Gasteiger partial charge in [0.1, 0.15) is 5.71 Å². The smallest absolute Gasteiger partial charge is 0.258 e. The first-order valence-electron chi connectivity index (χ1n) is 7.38. The zero-order valence-electron chi connectivity index (χ0n) is 12.9. The zero-order chi connectivity index (χ0) is 18.3. The fourth-order valence-electron chi connectivity index (χ4n) is 2.47. The van der Waals surface area contributed by atoms with Gasteiger partial charge < -0.3 is 0 Å². The van der Waals surface area contributed by atoms with Crippen molar-refractivity contribution in [2.24, 2.45) is 5.10 Å². The van der Waals surface area contributed by atoms with Crippen LogP contribution in [0, 0.1) is 10.1 Å². The summed E-state index contributed by atoms with van der Waals surface area (Å²) in [5, 5.41) is 19.2. The van der Waals surface area contributed by atoms with Gasteiger partial charge in [-0.2, -0.15) is 18.6 Å².